The van der Waals surface area contributed by atoms with Gasteiger partial charge in [0.05, 0.1) is 6.26 Å². The summed E-state index contributed by atoms with van der Waals surface area (Å²) < 4.78 is 5.00. The molecule has 0 aliphatic carbocycles. The molecule has 16 heavy (non-hydrogen) atoms. The summed E-state index contributed by atoms with van der Waals surface area (Å²) in [6.45, 7) is 7.14. The molecule has 4 heteroatoms. The third-order valence-corrected chi connectivity index (χ3v) is 2.71. The van der Waals surface area contributed by atoms with Gasteiger partial charge < -0.3 is 9.73 Å². The topological polar surface area (TPSA) is 42.2 Å². The van der Waals surface area contributed by atoms with Gasteiger partial charge in [-0.1, -0.05) is 36.7 Å². The van der Waals surface area contributed by atoms with Crippen LogP contribution in [0.5, 0.6) is 0 Å². The van der Waals surface area contributed by atoms with Gasteiger partial charge >= 0.3 is 0 Å². The quantitative estimate of drug-likeness (QED) is 0.864. The molecule has 1 aromatic rings. The van der Waals surface area contributed by atoms with Crippen LogP contribution in [0, 0.1) is 5.41 Å². The third kappa shape index (κ3) is 4.84. The Morgan fingerprint density at radius 3 is 2.75 bits per heavy atom. The number of halogens is 1. The van der Waals surface area contributed by atoms with Crippen LogP contribution in [0.25, 0.3) is 0 Å². The second-order valence-corrected chi connectivity index (χ2v) is 6.34. The molecule has 0 aliphatic rings. The van der Waals surface area contributed by atoms with Crippen LogP contribution < -0.4 is 5.32 Å². The van der Waals surface area contributed by atoms with Gasteiger partial charge in [-0.25, -0.2) is 0 Å². The molecule has 0 fully saturated rings. The summed E-state index contributed by atoms with van der Waals surface area (Å²) >= 11 is 3.56. The average Bonchev–Trinajstić information content (AvgIpc) is 2.64. The first kappa shape index (κ1) is 13.3. The summed E-state index contributed by atoms with van der Waals surface area (Å²) in [7, 11) is 0. The van der Waals surface area contributed by atoms with Gasteiger partial charge in [-0.2, -0.15) is 0 Å². The fourth-order valence-electron chi connectivity index (χ4n) is 1.43. The molecule has 1 N–H and O–H groups in total. The van der Waals surface area contributed by atoms with Gasteiger partial charge in [-0.3, -0.25) is 4.79 Å². The van der Waals surface area contributed by atoms with Crippen LogP contribution in [0.2, 0.25) is 0 Å². The van der Waals surface area contributed by atoms with Crippen LogP contribution in [-0.2, 0) is 0 Å². The van der Waals surface area contributed by atoms with Crippen LogP contribution in [-0.4, -0.2) is 17.3 Å². The standard InChI is InChI=1S/C12H18BrNO2/c1-12(2,3)7-9(13)8-14-11(15)10-5-4-6-16-10/h4-6,9H,7-8H2,1-3H3,(H,14,15). The van der Waals surface area contributed by atoms with Crippen molar-refractivity contribution in [1.82, 2.24) is 5.32 Å². The molecule has 0 saturated carbocycles. The zero-order valence-corrected chi connectivity index (χ0v) is 11.5. The predicted octanol–water partition coefficient (Wildman–Crippen LogP) is 3.21. The van der Waals surface area contributed by atoms with Gasteiger partial charge in [0.1, 0.15) is 0 Å². The molecular formula is C12H18BrNO2. The summed E-state index contributed by atoms with van der Waals surface area (Å²) in [5, 5.41) is 2.83. The first-order valence-corrected chi connectivity index (χ1v) is 6.26. The van der Waals surface area contributed by atoms with E-state index in [1.807, 2.05) is 0 Å². The fraction of sp³-hybridized carbons (Fsp3) is 0.583. The van der Waals surface area contributed by atoms with E-state index in [9.17, 15) is 4.79 Å². The Hall–Kier alpha value is -0.770. The summed E-state index contributed by atoms with van der Waals surface area (Å²) in [4.78, 5) is 11.8. The Labute approximate surface area is 105 Å². The molecule has 0 radical (unpaired) electrons. The fourth-order valence-corrected chi connectivity index (χ4v) is 2.57. The number of hydrogen-bond acceptors (Lipinski definition) is 2. The van der Waals surface area contributed by atoms with Gasteiger partial charge in [-0.05, 0) is 24.0 Å². The molecule has 0 aliphatic heterocycles. The second-order valence-electron chi connectivity index (χ2n) is 5.05. The highest BCUT2D eigenvalue weighted by Crippen LogP contribution is 2.24. The zero-order valence-electron chi connectivity index (χ0n) is 9.92. The SMILES string of the molecule is CC(C)(C)CC(Br)CNC(=O)c1ccco1. The second kappa shape index (κ2) is 5.53. The number of carbonyl (C=O) groups is 1. The summed E-state index contributed by atoms with van der Waals surface area (Å²) in [5.41, 5.74) is 0.254. The van der Waals surface area contributed by atoms with E-state index in [1.165, 1.54) is 6.26 Å². The molecule has 1 rings (SSSR count). The minimum Gasteiger partial charge on any atom is -0.459 e. The van der Waals surface area contributed by atoms with Crippen molar-refractivity contribution in [2.75, 3.05) is 6.54 Å². The molecule has 0 aromatic carbocycles. The maximum Gasteiger partial charge on any atom is 0.287 e. The number of alkyl halides is 1. The molecular weight excluding hydrogens is 270 g/mol. The van der Waals surface area contributed by atoms with E-state index in [-0.39, 0.29) is 16.1 Å². The van der Waals surface area contributed by atoms with Gasteiger partial charge in [0, 0.05) is 11.4 Å². The Balaban J connectivity index is 2.32. The highest BCUT2D eigenvalue weighted by Gasteiger charge is 2.17. The Morgan fingerprint density at radius 1 is 1.56 bits per heavy atom. The van der Waals surface area contributed by atoms with Crippen molar-refractivity contribution in [3.05, 3.63) is 24.2 Å². The van der Waals surface area contributed by atoms with E-state index in [0.29, 0.717) is 12.3 Å². The average molecular weight is 288 g/mol. The summed E-state index contributed by atoms with van der Waals surface area (Å²) in [6.07, 6.45) is 2.50. The predicted molar refractivity (Wildman–Crippen MR) is 67.8 cm³/mol. The van der Waals surface area contributed by atoms with Crippen LogP contribution in [0.1, 0.15) is 37.7 Å². The molecule has 1 heterocycles. The highest BCUT2D eigenvalue weighted by molar-refractivity contribution is 9.09. The van der Waals surface area contributed by atoms with E-state index in [2.05, 4.69) is 42.0 Å². The van der Waals surface area contributed by atoms with Crippen molar-refractivity contribution in [2.24, 2.45) is 5.41 Å². The molecule has 1 aromatic heterocycles. The maximum atomic E-state index is 11.6. The van der Waals surface area contributed by atoms with Crippen molar-refractivity contribution in [1.29, 1.82) is 0 Å². The summed E-state index contributed by atoms with van der Waals surface area (Å²) in [5.74, 6) is 0.193. The van der Waals surface area contributed by atoms with Gasteiger partial charge in [0.15, 0.2) is 5.76 Å². The first-order chi connectivity index (χ1) is 7.38. The van der Waals surface area contributed by atoms with Crippen molar-refractivity contribution < 1.29 is 9.21 Å². The first-order valence-electron chi connectivity index (χ1n) is 5.34. The number of carbonyl (C=O) groups excluding carboxylic acids is 1. The Kier molecular flexibility index (Phi) is 4.59. The normalized spacial score (nSPS) is 13.5. The van der Waals surface area contributed by atoms with E-state index in [4.69, 9.17) is 4.42 Å². The van der Waals surface area contributed by atoms with Crippen molar-refractivity contribution >= 4 is 21.8 Å². The number of amides is 1. The monoisotopic (exact) mass is 287 g/mol. The molecule has 0 saturated heterocycles. The molecule has 1 amide bonds. The smallest absolute Gasteiger partial charge is 0.287 e. The lowest BCUT2D eigenvalue weighted by Gasteiger charge is -2.22. The lowest BCUT2D eigenvalue weighted by atomic mass is 9.90. The molecule has 3 nitrogen and oxygen atoms in total. The Bertz CT molecular complexity index is 327. The number of hydrogen-bond donors (Lipinski definition) is 1. The van der Waals surface area contributed by atoms with E-state index in [1.54, 1.807) is 12.1 Å². The highest BCUT2D eigenvalue weighted by atomic mass is 79.9. The van der Waals surface area contributed by atoms with Crippen LogP contribution in [0.15, 0.2) is 22.8 Å². The minimum absolute atomic E-state index is 0.164. The van der Waals surface area contributed by atoms with Gasteiger partial charge in [0.25, 0.3) is 5.91 Å². The van der Waals surface area contributed by atoms with E-state index >= 15 is 0 Å². The minimum atomic E-state index is -0.164. The molecule has 0 bridgehead atoms. The van der Waals surface area contributed by atoms with Crippen molar-refractivity contribution in [3.8, 4) is 0 Å². The Morgan fingerprint density at radius 2 is 2.25 bits per heavy atom. The largest absolute Gasteiger partial charge is 0.459 e. The van der Waals surface area contributed by atoms with Crippen LogP contribution in [0.3, 0.4) is 0 Å². The third-order valence-electron chi connectivity index (χ3n) is 2.06. The lowest BCUT2D eigenvalue weighted by Crippen LogP contribution is -2.31. The number of rotatable bonds is 4. The van der Waals surface area contributed by atoms with Gasteiger partial charge in [0.2, 0.25) is 0 Å². The van der Waals surface area contributed by atoms with E-state index < -0.39 is 0 Å². The molecule has 90 valence electrons. The molecule has 1 atom stereocenters. The van der Waals surface area contributed by atoms with E-state index in [0.717, 1.165) is 6.42 Å². The lowest BCUT2D eigenvalue weighted by molar-refractivity contribution is 0.0925. The van der Waals surface area contributed by atoms with Crippen LogP contribution >= 0.6 is 15.9 Å². The van der Waals surface area contributed by atoms with Gasteiger partial charge in [-0.15, -0.1) is 0 Å². The van der Waals surface area contributed by atoms with Crippen LogP contribution in [0.4, 0.5) is 0 Å². The van der Waals surface area contributed by atoms with Crippen molar-refractivity contribution in [2.45, 2.75) is 32.0 Å². The molecule has 0 spiro atoms. The summed E-state index contributed by atoms with van der Waals surface area (Å²) in [6, 6.07) is 3.36. The molecule has 1 unspecified atom stereocenters. The maximum absolute atomic E-state index is 11.6. The number of furan rings is 1. The zero-order chi connectivity index (χ0) is 12.2. The van der Waals surface area contributed by atoms with Crippen molar-refractivity contribution in [3.63, 3.8) is 0 Å². The number of nitrogens with one attached hydrogen (secondary N) is 1.